The van der Waals surface area contributed by atoms with Gasteiger partial charge >= 0.3 is 0 Å². The average Bonchev–Trinajstić information content (AvgIpc) is 2.41. The molecule has 1 aromatic carbocycles. The number of ether oxygens (including phenoxy) is 2. The molecule has 0 aromatic heterocycles. The lowest BCUT2D eigenvalue weighted by molar-refractivity contribution is 0.196. The fourth-order valence-corrected chi connectivity index (χ4v) is 2.72. The molecule has 0 amide bonds. The predicted octanol–water partition coefficient (Wildman–Crippen LogP) is 2.59. The van der Waals surface area contributed by atoms with Crippen molar-refractivity contribution in [3.8, 4) is 11.5 Å². The molecule has 20 heavy (non-hydrogen) atoms. The standard InChI is InChI=1S/C15H27NO3Si/c1-12(16-11-20(3,4)5)13-6-7-14(19-9-8-17)15(10-13)18-2/h6-7,10,12,16-17H,8-9,11H2,1-5H3. The number of aliphatic hydroxyl groups is 1. The van der Waals surface area contributed by atoms with Crippen LogP contribution in [0.5, 0.6) is 11.5 Å². The van der Waals surface area contributed by atoms with Crippen LogP contribution in [0.3, 0.4) is 0 Å². The van der Waals surface area contributed by atoms with Crippen LogP contribution in [0.2, 0.25) is 19.6 Å². The number of aliphatic hydroxyl groups excluding tert-OH is 1. The van der Waals surface area contributed by atoms with Crippen molar-refractivity contribution in [2.45, 2.75) is 32.6 Å². The Balaban J connectivity index is 2.75. The predicted molar refractivity (Wildman–Crippen MR) is 85.3 cm³/mol. The Morgan fingerprint density at radius 1 is 1.25 bits per heavy atom. The topological polar surface area (TPSA) is 50.7 Å². The summed E-state index contributed by atoms with van der Waals surface area (Å²) in [6.07, 6.45) is 1.08. The highest BCUT2D eigenvalue weighted by Crippen LogP contribution is 2.30. The molecular weight excluding hydrogens is 270 g/mol. The van der Waals surface area contributed by atoms with Crippen LogP contribution < -0.4 is 14.8 Å². The summed E-state index contributed by atoms with van der Waals surface area (Å²) in [7, 11) is 0.532. The fraction of sp³-hybridized carbons (Fsp3) is 0.600. The molecule has 0 aliphatic rings. The molecule has 1 unspecified atom stereocenters. The molecule has 0 heterocycles. The first-order valence-electron chi connectivity index (χ1n) is 7.02. The normalized spacial score (nSPS) is 13.1. The molecule has 4 nitrogen and oxygen atoms in total. The van der Waals surface area contributed by atoms with Gasteiger partial charge in [0.05, 0.1) is 21.8 Å². The van der Waals surface area contributed by atoms with E-state index in [4.69, 9.17) is 14.6 Å². The van der Waals surface area contributed by atoms with Crippen LogP contribution in [0.15, 0.2) is 18.2 Å². The molecule has 1 atom stereocenters. The van der Waals surface area contributed by atoms with Crippen LogP contribution in [0.25, 0.3) is 0 Å². The maximum absolute atomic E-state index is 8.81. The molecule has 114 valence electrons. The molecule has 1 rings (SSSR count). The first kappa shape index (κ1) is 17.0. The van der Waals surface area contributed by atoms with Crippen molar-refractivity contribution >= 4 is 8.07 Å². The van der Waals surface area contributed by atoms with Crippen molar-refractivity contribution in [1.82, 2.24) is 5.32 Å². The maximum Gasteiger partial charge on any atom is 0.161 e. The van der Waals surface area contributed by atoms with Crippen LogP contribution in [0.4, 0.5) is 0 Å². The Kier molecular flexibility index (Phi) is 6.52. The van der Waals surface area contributed by atoms with Gasteiger partial charge in [0.2, 0.25) is 0 Å². The van der Waals surface area contributed by atoms with Crippen molar-refractivity contribution in [3.63, 3.8) is 0 Å². The zero-order valence-corrected chi connectivity index (χ0v) is 14.2. The third kappa shape index (κ3) is 5.52. The Morgan fingerprint density at radius 3 is 2.50 bits per heavy atom. The smallest absolute Gasteiger partial charge is 0.161 e. The fourth-order valence-electron chi connectivity index (χ4n) is 1.81. The molecule has 0 radical (unpaired) electrons. The molecule has 0 aliphatic heterocycles. The summed E-state index contributed by atoms with van der Waals surface area (Å²) in [6.45, 7) is 9.47. The Bertz CT molecular complexity index is 418. The quantitative estimate of drug-likeness (QED) is 0.724. The van der Waals surface area contributed by atoms with Crippen LogP contribution in [0.1, 0.15) is 18.5 Å². The van der Waals surface area contributed by atoms with E-state index in [1.807, 2.05) is 18.2 Å². The Hall–Kier alpha value is -1.04. The highest BCUT2D eigenvalue weighted by molar-refractivity contribution is 6.76. The van der Waals surface area contributed by atoms with Gasteiger partial charge in [-0.1, -0.05) is 25.7 Å². The molecule has 0 spiro atoms. The SMILES string of the molecule is COc1cc(C(C)NC[Si](C)(C)C)ccc1OCCO. The highest BCUT2D eigenvalue weighted by atomic mass is 28.3. The zero-order valence-electron chi connectivity index (χ0n) is 13.2. The minimum atomic E-state index is -1.10. The van der Waals surface area contributed by atoms with Crippen molar-refractivity contribution < 1.29 is 14.6 Å². The minimum absolute atomic E-state index is 0.000918. The summed E-state index contributed by atoms with van der Waals surface area (Å²) < 4.78 is 10.8. The number of hydrogen-bond acceptors (Lipinski definition) is 4. The summed E-state index contributed by atoms with van der Waals surface area (Å²) in [6, 6.07) is 6.21. The van der Waals surface area contributed by atoms with Crippen LogP contribution >= 0.6 is 0 Å². The largest absolute Gasteiger partial charge is 0.493 e. The number of hydrogen-bond donors (Lipinski definition) is 2. The van der Waals surface area contributed by atoms with Crippen molar-refractivity contribution in [2.75, 3.05) is 26.5 Å². The van der Waals surface area contributed by atoms with Gasteiger partial charge in [0.1, 0.15) is 6.61 Å². The molecular formula is C15H27NO3Si. The second kappa shape index (κ2) is 7.66. The average molecular weight is 297 g/mol. The maximum atomic E-state index is 8.81. The third-order valence-corrected chi connectivity index (χ3v) is 4.24. The molecule has 2 N–H and O–H groups in total. The van der Waals surface area contributed by atoms with E-state index in [0.717, 1.165) is 6.17 Å². The van der Waals surface area contributed by atoms with Crippen LogP contribution in [0, 0.1) is 0 Å². The van der Waals surface area contributed by atoms with Gasteiger partial charge < -0.3 is 19.9 Å². The van der Waals surface area contributed by atoms with E-state index in [2.05, 4.69) is 31.9 Å². The minimum Gasteiger partial charge on any atom is -0.493 e. The second-order valence-electron chi connectivity index (χ2n) is 6.15. The first-order chi connectivity index (χ1) is 9.37. The summed E-state index contributed by atoms with van der Waals surface area (Å²) in [5.74, 6) is 1.38. The number of methoxy groups -OCH3 is 1. The summed E-state index contributed by atoms with van der Waals surface area (Å²) in [4.78, 5) is 0. The lowest BCUT2D eigenvalue weighted by Gasteiger charge is -2.22. The monoisotopic (exact) mass is 297 g/mol. The van der Waals surface area contributed by atoms with E-state index < -0.39 is 8.07 Å². The van der Waals surface area contributed by atoms with Gasteiger partial charge in [-0.3, -0.25) is 0 Å². The molecule has 0 bridgehead atoms. The van der Waals surface area contributed by atoms with E-state index in [0.29, 0.717) is 11.5 Å². The highest BCUT2D eigenvalue weighted by Gasteiger charge is 2.16. The second-order valence-corrected chi connectivity index (χ2v) is 11.6. The number of nitrogens with one attached hydrogen (secondary N) is 1. The van der Waals surface area contributed by atoms with E-state index >= 15 is 0 Å². The van der Waals surface area contributed by atoms with Crippen molar-refractivity contribution in [2.24, 2.45) is 0 Å². The van der Waals surface area contributed by atoms with E-state index in [1.54, 1.807) is 7.11 Å². The molecule has 0 fully saturated rings. The van der Waals surface area contributed by atoms with Gasteiger partial charge in [0, 0.05) is 6.04 Å². The van der Waals surface area contributed by atoms with Crippen LogP contribution in [-0.2, 0) is 0 Å². The van der Waals surface area contributed by atoms with Gasteiger partial charge in [0.25, 0.3) is 0 Å². The Morgan fingerprint density at radius 2 is 1.95 bits per heavy atom. The summed E-state index contributed by atoms with van der Waals surface area (Å²) >= 11 is 0. The first-order valence-corrected chi connectivity index (χ1v) is 10.7. The molecule has 0 saturated carbocycles. The molecule has 0 saturated heterocycles. The number of rotatable bonds is 8. The van der Waals surface area contributed by atoms with Gasteiger partial charge in [-0.2, -0.15) is 0 Å². The van der Waals surface area contributed by atoms with E-state index in [1.165, 1.54) is 5.56 Å². The van der Waals surface area contributed by atoms with Crippen molar-refractivity contribution in [3.05, 3.63) is 23.8 Å². The molecule has 0 aliphatic carbocycles. The van der Waals surface area contributed by atoms with Crippen molar-refractivity contribution in [1.29, 1.82) is 0 Å². The van der Waals surface area contributed by atoms with Gasteiger partial charge in [-0.05, 0) is 30.8 Å². The summed E-state index contributed by atoms with van der Waals surface area (Å²) in [5.41, 5.74) is 1.18. The number of benzene rings is 1. The zero-order chi connectivity index (χ0) is 15.2. The molecule has 5 heteroatoms. The van der Waals surface area contributed by atoms with E-state index in [9.17, 15) is 0 Å². The molecule has 1 aromatic rings. The van der Waals surface area contributed by atoms with E-state index in [-0.39, 0.29) is 19.3 Å². The van der Waals surface area contributed by atoms with Gasteiger partial charge in [-0.25, -0.2) is 0 Å². The lowest BCUT2D eigenvalue weighted by atomic mass is 10.1. The van der Waals surface area contributed by atoms with Gasteiger partial charge in [0.15, 0.2) is 11.5 Å². The summed E-state index contributed by atoms with van der Waals surface area (Å²) in [5, 5.41) is 12.4. The third-order valence-electron chi connectivity index (χ3n) is 2.98. The lowest BCUT2D eigenvalue weighted by Crippen LogP contribution is -2.37. The Labute approximate surface area is 123 Å². The van der Waals surface area contributed by atoms with Gasteiger partial charge in [-0.15, -0.1) is 0 Å². The van der Waals surface area contributed by atoms with Crippen LogP contribution in [-0.4, -0.2) is 39.7 Å².